The van der Waals surface area contributed by atoms with Crippen LogP contribution in [0.1, 0.15) is 18.4 Å². The minimum absolute atomic E-state index is 0.144. The Morgan fingerprint density at radius 1 is 1.17 bits per heavy atom. The second-order valence-electron chi connectivity index (χ2n) is 6.69. The third kappa shape index (κ3) is 5.90. The molecule has 2 aromatic carbocycles. The van der Waals surface area contributed by atoms with E-state index in [1.165, 1.54) is 16.7 Å². The zero-order chi connectivity index (χ0) is 21.5. The molecule has 0 spiro atoms. The number of rotatable bonds is 7. The van der Waals surface area contributed by atoms with E-state index in [2.05, 4.69) is 10.9 Å². The van der Waals surface area contributed by atoms with Crippen molar-refractivity contribution >= 4 is 46.8 Å². The van der Waals surface area contributed by atoms with Crippen molar-refractivity contribution in [1.82, 2.24) is 10.9 Å². The first kappa shape index (κ1) is 22.0. The van der Waals surface area contributed by atoms with Gasteiger partial charge in [-0.2, -0.15) is 0 Å². The number of fused-ring (bicyclic) bond motifs is 1. The fourth-order valence-corrected chi connectivity index (χ4v) is 4.06. The van der Waals surface area contributed by atoms with E-state index in [0.717, 1.165) is 16.2 Å². The summed E-state index contributed by atoms with van der Waals surface area (Å²) in [4.78, 5) is 38.7. The lowest BCUT2D eigenvalue weighted by Crippen LogP contribution is -2.48. The van der Waals surface area contributed by atoms with Crippen molar-refractivity contribution in [3.63, 3.8) is 0 Å². The molecule has 0 atom stereocenters. The second-order valence-corrected chi connectivity index (χ2v) is 8.15. The predicted molar refractivity (Wildman–Crippen MR) is 117 cm³/mol. The van der Waals surface area contributed by atoms with Crippen molar-refractivity contribution in [3.8, 4) is 5.75 Å². The van der Waals surface area contributed by atoms with Crippen molar-refractivity contribution < 1.29 is 19.1 Å². The highest BCUT2D eigenvalue weighted by Crippen LogP contribution is 2.34. The lowest BCUT2D eigenvalue weighted by atomic mass is 10.2. The number of carbonyl (C=O) groups excluding carboxylic acids is 3. The number of benzene rings is 2. The number of anilines is 1. The largest absolute Gasteiger partial charge is 0.493 e. The van der Waals surface area contributed by atoms with Gasteiger partial charge >= 0.3 is 0 Å². The number of carbonyl (C=O) groups is 3. The average Bonchev–Trinajstić information content (AvgIpc) is 2.73. The summed E-state index contributed by atoms with van der Waals surface area (Å²) in [7, 11) is 0. The van der Waals surface area contributed by atoms with E-state index in [0.29, 0.717) is 23.7 Å². The molecule has 2 aromatic rings. The number of nitrogens with one attached hydrogen (secondary N) is 2. The van der Waals surface area contributed by atoms with Gasteiger partial charge in [-0.05, 0) is 49.2 Å². The standard InChI is InChI=1S/C21H22ClN3O4S/c1-14-11-15(22)8-9-17(14)29-10-4-7-19(26)23-24-20(27)12-25-16-5-2-3-6-18(16)30-13-21(25)28/h2-3,5-6,8-9,11H,4,7,10,12-13H2,1H3,(H,23,26)(H,24,27). The molecule has 0 radical (unpaired) electrons. The molecule has 0 saturated carbocycles. The van der Waals surface area contributed by atoms with Crippen LogP contribution in [0.5, 0.6) is 5.75 Å². The first-order chi connectivity index (χ1) is 14.4. The SMILES string of the molecule is Cc1cc(Cl)ccc1OCCCC(=O)NNC(=O)CN1C(=O)CSc2ccccc21. The third-order valence-corrected chi connectivity index (χ3v) is 5.68. The van der Waals surface area contributed by atoms with E-state index in [9.17, 15) is 14.4 Å². The molecule has 3 amide bonds. The summed E-state index contributed by atoms with van der Waals surface area (Å²) in [6.07, 6.45) is 0.675. The van der Waals surface area contributed by atoms with Crippen molar-refractivity contribution in [2.24, 2.45) is 0 Å². The molecule has 7 nitrogen and oxygen atoms in total. The van der Waals surface area contributed by atoms with Gasteiger partial charge in [0.2, 0.25) is 11.8 Å². The Morgan fingerprint density at radius 2 is 1.93 bits per heavy atom. The molecule has 158 valence electrons. The zero-order valence-corrected chi connectivity index (χ0v) is 18.0. The molecular formula is C21H22ClN3O4S. The summed E-state index contributed by atoms with van der Waals surface area (Å²) in [5, 5.41) is 0.642. The van der Waals surface area contributed by atoms with Gasteiger partial charge in [0, 0.05) is 16.3 Å². The predicted octanol–water partition coefficient (Wildman–Crippen LogP) is 3.09. The van der Waals surface area contributed by atoms with E-state index in [4.69, 9.17) is 16.3 Å². The quantitative estimate of drug-likeness (QED) is 0.503. The van der Waals surface area contributed by atoms with Crippen LogP contribution in [0.4, 0.5) is 5.69 Å². The Morgan fingerprint density at radius 3 is 2.73 bits per heavy atom. The number of thioether (sulfide) groups is 1. The Labute approximate surface area is 184 Å². The molecule has 0 fully saturated rings. The van der Waals surface area contributed by atoms with E-state index in [1.54, 1.807) is 18.2 Å². The Balaban J connectivity index is 1.38. The molecule has 1 aliphatic rings. The van der Waals surface area contributed by atoms with Gasteiger partial charge in [0.05, 0.1) is 18.0 Å². The monoisotopic (exact) mass is 447 g/mol. The van der Waals surface area contributed by atoms with E-state index < -0.39 is 5.91 Å². The number of amides is 3. The number of aryl methyl sites for hydroxylation is 1. The van der Waals surface area contributed by atoms with E-state index in [1.807, 2.05) is 31.2 Å². The summed E-state index contributed by atoms with van der Waals surface area (Å²) in [6, 6.07) is 12.8. The minimum atomic E-state index is -0.466. The van der Waals surface area contributed by atoms with Gasteiger partial charge in [0.25, 0.3) is 5.91 Å². The van der Waals surface area contributed by atoms with Crippen molar-refractivity contribution in [1.29, 1.82) is 0 Å². The number of halogens is 1. The lowest BCUT2D eigenvalue weighted by molar-refractivity contribution is -0.128. The maximum absolute atomic E-state index is 12.2. The number of hydrogen-bond acceptors (Lipinski definition) is 5. The number of para-hydroxylation sites is 1. The maximum atomic E-state index is 12.2. The molecule has 2 N–H and O–H groups in total. The van der Waals surface area contributed by atoms with Gasteiger partial charge in [-0.15, -0.1) is 11.8 Å². The topological polar surface area (TPSA) is 87.7 Å². The van der Waals surface area contributed by atoms with Gasteiger partial charge in [-0.1, -0.05) is 23.7 Å². The molecule has 30 heavy (non-hydrogen) atoms. The Hall–Kier alpha value is -2.71. The highest BCUT2D eigenvalue weighted by molar-refractivity contribution is 8.00. The Bertz CT molecular complexity index is 954. The summed E-state index contributed by atoms with van der Waals surface area (Å²) in [5.41, 5.74) is 6.36. The van der Waals surface area contributed by atoms with Gasteiger partial charge in [0.15, 0.2) is 0 Å². The molecule has 3 rings (SSSR count). The molecule has 0 unspecified atom stereocenters. The highest BCUT2D eigenvalue weighted by Gasteiger charge is 2.26. The van der Waals surface area contributed by atoms with Gasteiger partial charge < -0.3 is 9.64 Å². The van der Waals surface area contributed by atoms with E-state index in [-0.39, 0.29) is 30.5 Å². The van der Waals surface area contributed by atoms with Gasteiger partial charge in [0.1, 0.15) is 12.3 Å². The van der Waals surface area contributed by atoms with Crippen LogP contribution in [0.25, 0.3) is 0 Å². The molecule has 1 heterocycles. The normalized spacial score (nSPS) is 12.9. The highest BCUT2D eigenvalue weighted by atomic mass is 35.5. The van der Waals surface area contributed by atoms with E-state index >= 15 is 0 Å². The number of nitrogens with zero attached hydrogens (tertiary/aromatic N) is 1. The summed E-state index contributed by atoms with van der Waals surface area (Å²) in [6.45, 7) is 2.10. The van der Waals surface area contributed by atoms with Crippen molar-refractivity contribution in [2.75, 3.05) is 23.8 Å². The zero-order valence-electron chi connectivity index (χ0n) is 16.4. The number of hydrazine groups is 1. The molecule has 0 aromatic heterocycles. The van der Waals surface area contributed by atoms with Crippen LogP contribution in [-0.4, -0.2) is 36.6 Å². The number of hydrogen-bond donors (Lipinski definition) is 2. The van der Waals surface area contributed by atoms with Crippen LogP contribution < -0.4 is 20.5 Å². The first-order valence-electron chi connectivity index (χ1n) is 9.43. The molecular weight excluding hydrogens is 426 g/mol. The summed E-state index contributed by atoms with van der Waals surface area (Å²) < 4.78 is 5.64. The minimum Gasteiger partial charge on any atom is -0.493 e. The van der Waals surface area contributed by atoms with Crippen molar-refractivity contribution in [3.05, 3.63) is 53.1 Å². The van der Waals surface area contributed by atoms with Crippen LogP contribution in [0.3, 0.4) is 0 Å². The molecule has 9 heteroatoms. The lowest BCUT2D eigenvalue weighted by Gasteiger charge is -2.28. The average molecular weight is 448 g/mol. The first-order valence-corrected chi connectivity index (χ1v) is 10.8. The van der Waals surface area contributed by atoms with Crippen LogP contribution in [0.15, 0.2) is 47.4 Å². The molecule has 0 saturated heterocycles. The fourth-order valence-electron chi connectivity index (χ4n) is 2.90. The number of ether oxygens (including phenoxy) is 1. The molecule has 0 bridgehead atoms. The van der Waals surface area contributed by atoms with Gasteiger partial charge in [-0.25, -0.2) is 0 Å². The van der Waals surface area contributed by atoms with Crippen LogP contribution in [-0.2, 0) is 14.4 Å². The smallest absolute Gasteiger partial charge is 0.258 e. The maximum Gasteiger partial charge on any atom is 0.258 e. The Kier molecular flexibility index (Phi) is 7.59. The van der Waals surface area contributed by atoms with Crippen molar-refractivity contribution in [2.45, 2.75) is 24.7 Å². The summed E-state index contributed by atoms with van der Waals surface area (Å²) in [5.74, 6) is 0.0590. The van der Waals surface area contributed by atoms with Crippen LogP contribution in [0.2, 0.25) is 5.02 Å². The third-order valence-electron chi connectivity index (χ3n) is 4.39. The second kappa shape index (κ2) is 10.4. The van der Waals surface area contributed by atoms with Crippen LogP contribution in [0, 0.1) is 6.92 Å². The molecule has 0 aliphatic carbocycles. The van der Waals surface area contributed by atoms with Crippen LogP contribution >= 0.6 is 23.4 Å². The van der Waals surface area contributed by atoms with Gasteiger partial charge in [-0.3, -0.25) is 25.2 Å². The summed E-state index contributed by atoms with van der Waals surface area (Å²) >= 11 is 7.35. The fraction of sp³-hybridized carbons (Fsp3) is 0.286. The molecule has 1 aliphatic heterocycles.